The highest BCUT2D eigenvalue weighted by molar-refractivity contribution is 8.00. The predicted octanol–water partition coefficient (Wildman–Crippen LogP) is -0.111. The van der Waals surface area contributed by atoms with Gasteiger partial charge in [0.25, 0.3) is 0 Å². The van der Waals surface area contributed by atoms with Gasteiger partial charge in [0.05, 0.1) is 29.7 Å². The van der Waals surface area contributed by atoms with Crippen LogP contribution in [0, 0.1) is 17.8 Å². The van der Waals surface area contributed by atoms with Gasteiger partial charge in [-0.2, -0.15) is 0 Å². The number of thioether (sulfide) groups is 1. The van der Waals surface area contributed by atoms with Crippen LogP contribution in [-0.2, 0) is 14.3 Å². The van der Waals surface area contributed by atoms with Crippen molar-refractivity contribution in [3.63, 3.8) is 0 Å². The number of likely N-dealkylation sites (tertiary alicyclic amines) is 1. The third-order valence-corrected chi connectivity index (χ3v) is 11.5. The first kappa shape index (κ1) is 27.5. The number of rotatable bonds is 5. The van der Waals surface area contributed by atoms with Crippen LogP contribution in [0.4, 0.5) is 0 Å². The van der Waals surface area contributed by atoms with E-state index in [-0.39, 0.29) is 58.8 Å². The third kappa shape index (κ3) is 5.46. The number of carbonyl (C=O) groups excluding carboxylic acids is 2. The van der Waals surface area contributed by atoms with Crippen molar-refractivity contribution < 1.29 is 14.3 Å². The molecule has 214 valence electrons. The maximum Gasteiger partial charge on any atom is 0.240 e. The normalized spacial score (nSPS) is 45.6. The Morgan fingerprint density at radius 1 is 1.08 bits per heavy atom. The second-order valence-electron chi connectivity index (χ2n) is 12.1. The molecule has 2 amide bonds. The molecule has 0 aromatic rings. The number of amides is 2. The third-order valence-electron chi connectivity index (χ3n) is 9.83. The second-order valence-corrected chi connectivity index (χ2v) is 14.0. The molecule has 0 saturated carbocycles. The van der Waals surface area contributed by atoms with Crippen molar-refractivity contribution in [2.45, 2.75) is 85.7 Å². The van der Waals surface area contributed by atoms with Crippen LogP contribution in [0.25, 0.3) is 0 Å². The number of carbonyl (C=O) groups is 2. The summed E-state index contributed by atoms with van der Waals surface area (Å²) in [5.74, 6) is 0.732. The molecular weight excluding hydrogens is 526 g/mol. The highest BCUT2D eigenvalue weighted by Crippen LogP contribution is 2.39. The van der Waals surface area contributed by atoms with Crippen molar-refractivity contribution >= 4 is 35.2 Å². The molecule has 0 radical (unpaired) electrons. The summed E-state index contributed by atoms with van der Waals surface area (Å²) in [5, 5.41) is 17.6. The zero-order chi connectivity index (χ0) is 26.4. The summed E-state index contributed by atoms with van der Waals surface area (Å²) in [7, 11) is 1.76. The molecule has 5 N–H and O–H groups in total. The van der Waals surface area contributed by atoms with E-state index >= 15 is 0 Å². The minimum Gasteiger partial charge on any atom is -0.380 e. The van der Waals surface area contributed by atoms with E-state index < -0.39 is 0 Å². The summed E-state index contributed by atoms with van der Waals surface area (Å²) >= 11 is 8.25. The second kappa shape index (κ2) is 11.7. The molecule has 6 aliphatic rings. The summed E-state index contributed by atoms with van der Waals surface area (Å²) < 4.78 is 5.82. The molecule has 6 fully saturated rings. The molecule has 38 heavy (non-hydrogen) atoms. The molecule has 6 heterocycles. The molecule has 12 heteroatoms. The number of ether oxygens (including phenoxy) is 1. The Morgan fingerprint density at radius 3 is 2.76 bits per heavy atom. The molecule has 10 nitrogen and oxygen atoms in total. The van der Waals surface area contributed by atoms with Gasteiger partial charge in [-0.25, -0.2) is 0 Å². The Hall–Kier alpha value is -0.660. The Kier molecular flexibility index (Phi) is 8.45. The number of hydrogen-bond donors (Lipinski definition) is 5. The Balaban J connectivity index is 1.04. The number of fused-ring (bicyclic) bond motifs is 2. The highest BCUT2D eigenvalue weighted by Gasteiger charge is 2.48. The average Bonchev–Trinajstić information content (AvgIpc) is 3.63. The molecular formula is C26H44ClN7O3S. The number of hydrogen-bond acceptors (Lipinski definition) is 9. The SMILES string of the molecule is COC1CNC(Cl)CC1C1CC(C)NCC1C(=O)NC1NC2CN(C(=O)C3CCCC4NCCN43)CC2S1. The summed E-state index contributed by atoms with van der Waals surface area (Å²) in [5.41, 5.74) is -0.206. The van der Waals surface area contributed by atoms with Crippen LogP contribution in [0.5, 0.6) is 0 Å². The van der Waals surface area contributed by atoms with Gasteiger partial charge in [-0.05, 0) is 50.9 Å². The average molecular weight is 570 g/mol. The van der Waals surface area contributed by atoms with E-state index in [0.29, 0.717) is 24.0 Å². The van der Waals surface area contributed by atoms with E-state index in [0.717, 1.165) is 64.8 Å². The summed E-state index contributed by atoms with van der Waals surface area (Å²) in [6.45, 7) is 7.00. The van der Waals surface area contributed by atoms with Crippen molar-refractivity contribution in [3.8, 4) is 0 Å². The quantitative estimate of drug-likeness (QED) is 0.229. The number of nitrogens with one attached hydrogen (secondary N) is 5. The van der Waals surface area contributed by atoms with E-state index in [1.165, 1.54) is 0 Å². The van der Waals surface area contributed by atoms with Gasteiger partial charge in [-0.15, -0.1) is 23.4 Å². The highest BCUT2D eigenvalue weighted by atomic mass is 35.5. The molecule has 6 aliphatic heterocycles. The first-order valence-electron chi connectivity index (χ1n) is 14.5. The molecule has 11 atom stereocenters. The van der Waals surface area contributed by atoms with E-state index in [2.05, 4.69) is 43.3 Å². The lowest BCUT2D eigenvalue weighted by Gasteiger charge is -2.45. The number of alkyl halides is 1. The summed E-state index contributed by atoms with van der Waals surface area (Å²) in [6.07, 6.45) is 5.38. The molecule has 0 aromatic heterocycles. The minimum atomic E-state index is -0.122. The van der Waals surface area contributed by atoms with E-state index in [9.17, 15) is 9.59 Å². The maximum atomic E-state index is 13.6. The predicted molar refractivity (Wildman–Crippen MR) is 149 cm³/mol. The van der Waals surface area contributed by atoms with Gasteiger partial charge in [0, 0.05) is 63.7 Å². The molecule has 0 aliphatic carbocycles. The van der Waals surface area contributed by atoms with Gasteiger partial charge in [0.1, 0.15) is 5.50 Å². The topological polar surface area (TPSA) is 110 Å². The van der Waals surface area contributed by atoms with Crippen molar-refractivity contribution in [2.75, 3.05) is 46.4 Å². The Bertz CT molecular complexity index is 874. The van der Waals surface area contributed by atoms with Gasteiger partial charge in [-0.3, -0.25) is 25.1 Å². The smallest absolute Gasteiger partial charge is 0.240 e. The van der Waals surface area contributed by atoms with Crippen LogP contribution in [0.1, 0.15) is 39.0 Å². The molecule has 0 bridgehead atoms. The standard InChI is InChI=1S/C26H44ClN7O3S/c1-14-8-15(16-9-22(27)30-11-20(16)37-2)17(10-29-14)24(35)32-26-31-18-12-33(13-21(18)38-26)25(36)19-4-3-5-23-28-6-7-34(19)23/h14-23,26,28-31H,3-13H2,1-2H3,(H,32,35). The number of nitrogens with zero attached hydrogens (tertiary/aromatic N) is 2. The number of halogens is 1. The monoisotopic (exact) mass is 569 g/mol. The lowest BCUT2D eigenvalue weighted by molar-refractivity contribution is -0.138. The van der Waals surface area contributed by atoms with Crippen molar-refractivity contribution in [1.29, 1.82) is 0 Å². The van der Waals surface area contributed by atoms with Crippen molar-refractivity contribution in [1.82, 2.24) is 36.4 Å². The Morgan fingerprint density at radius 2 is 1.95 bits per heavy atom. The van der Waals surface area contributed by atoms with E-state index in [1.54, 1.807) is 18.9 Å². The van der Waals surface area contributed by atoms with Crippen molar-refractivity contribution in [2.24, 2.45) is 17.8 Å². The molecule has 6 saturated heterocycles. The van der Waals surface area contributed by atoms with Gasteiger partial charge in [0.2, 0.25) is 11.8 Å². The fourth-order valence-corrected chi connectivity index (χ4v) is 9.57. The molecule has 6 rings (SSSR count). The van der Waals surface area contributed by atoms with E-state index in [1.807, 2.05) is 0 Å². The van der Waals surface area contributed by atoms with Crippen LogP contribution >= 0.6 is 23.4 Å². The minimum absolute atomic E-state index is 0.0136. The molecule has 0 spiro atoms. The van der Waals surface area contributed by atoms with Gasteiger partial charge >= 0.3 is 0 Å². The van der Waals surface area contributed by atoms with Gasteiger partial charge < -0.3 is 25.6 Å². The number of methoxy groups -OCH3 is 1. The largest absolute Gasteiger partial charge is 0.380 e. The summed E-state index contributed by atoms with van der Waals surface area (Å²) in [6, 6.07) is 0.590. The zero-order valence-electron chi connectivity index (χ0n) is 22.5. The molecule has 11 unspecified atom stereocenters. The fourth-order valence-electron chi connectivity index (χ4n) is 7.87. The van der Waals surface area contributed by atoms with Crippen LogP contribution in [0.15, 0.2) is 0 Å². The summed E-state index contributed by atoms with van der Waals surface area (Å²) in [4.78, 5) is 31.5. The van der Waals surface area contributed by atoms with Gasteiger partial charge in [0.15, 0.2) is 0 Å². The fraction of sp³-hybridized carbons (Fsp3) is 0.923. The lowest BCUT2D eigenvalue weighted by Crippen LogP contribution is -2.57. The zero-order valence-corrected chi connectivity index (χ0v) is 24.1. The lowest BCUT2D eigenvalue weighted by atomic mass is 9.70. The van der Waals surface area contributed by atoms with Crippen LogP contribution < -0.4 is 26.6 Å². The van der Waals surface area contributed by atoms with Crippen LogP contribution in [0.3, 0.4) is 0 Å². The first-order valence-corrected chi connectivity index (χ1v) is 15.9. The van der Waals surface area contributed by atoms with Crippen LogP contribution in [-0.4, -0.2) is 115 Å². The van der Waals surface area contributed by atoms with Crippen molar-refractivity contribution in [3.05, 3.63) is 0 Å². The van der Waals surface area contributed by atoms with Crippen LogP contribution in [0.2, 0.25) is 0 Å². The van der Waals surface area contributed by atoms with E-state index in [4.69, 9.17) is 16.3 Å². The Labute approximate surface area is 235 Å². The van der Waals surface area contributed by atoms with Gasteiger partial charge in [-0.1, -0.05) is 0 Å². The maximum absolute atomic E-state index is 13.6. The molecule has 0 aromatic carbocycles. The number of piperidine rings is 3. The first-order chi connectivity index (χ1) is 18.4.